The Labute approximate surface area is 147 Å². The summed E-state index contributed by atoms with van der Waals surface area (Å²) in [5.41, 5.74) is 2.74. The molecule has 0 fully saturated rings. The van der Waals surface area contributed by atoms with Gasteiger partial charge in [0, 0.05) is 28.2 Å². The van der Waals surface area contributed by atoms with E-state index in [2.05, 4.69) is 0 Å². The second-order valence-electron chi connectivity index (χ2n) is 5.68. The van der Waals surface area contributed by atoms with E-state index in [0.717, 1.165) is 21.5 Å². The Bertz CT molecular complexity index is 848. The van der Waals surface area contributed by atoms with Crippen LogP contribution in [0.25, 0.3) is 6.08 Å². The van der Waals surface area contributed by atoms with E-state index in [1.807, 2.05) is 97.1 Å². The van der Waals surface area contributed by atoms with Gasteiger partial charge in [-0.15, -0.1) is 0 Å². The van der Waals surface area contributed by atoms with E-state index in [1.165, 1.54) is 0 Å². The van der Waals surface area contributed by atoms with E-state index >= 15 is 0 Å². The number of nitrogens with zero attached hydrogens (tertiary/aromatic N) is 1. The van der Waals surface area contributed by atoms with Crippen LogP contribution in [0.5, 0.6) is 0 Å². The molecule has 2 nitrogen and oxygen atoms in total. The minimum absolute atomic E-state index is 0. The third-order valence-electron chi connectivity index (χ3n) is 4.41. The van der Waals surface area contributed by atoms with E-state index in [-0.39, 0.29) is 12.4 Å². The summed E-state index contributed by atoms with van der Waals surface area (Å²) in [4.78, 5) is 13.4. The first-order chi connectivity index (χ1) is 11.3. The predicted molar refractivity (Wildman–Crippen MR) is 92.4 cm³/mol. The fourth-order valence-corrected chi connectivity index (χ4v) is 3.26. The van der Waals surface area contributed by atoms with Crippen LogP contribution in [0.15, 0.2) is 91.0 Å². The Kier molecular flexibility index (Phi) is 4.32. The Hall–Kier alpha value is -2.71. The maximum atomic E-state index is 13.4. The zero-order valence-electron chi connectivity index (χ0n) is 13.0. The molecule has 1 aliphatic rings. The van der Waals surface area contributed by atoms with E-state index in [4.69, 9.17) is 0 Å². The molecule has 0 saturated heterocycles. The maximum Gasteiger partial charge on any atom is 0.286 e. The number of para-hydroxylation sites is 1. The van der Waals surface area contributed by atoms with Gasteiger partial charge in [0.25, 0.3) is 11.2 Å². The number of nitroso groups, excluding NO2 is 1. The first kappa shape index (κ1) is 16.2. The number of benzene rings is 3. The quantitative estimate of drug-likeness (QED) is 0.657. The summed E-state index contributed by atoms with van der Waals surface area (Å²) >= 11 is 0. The minimum atomic E-state index is -0.836. The zero-order valence-corrected chi connectivity index (χ0v) is 13.7. The largest absolute Gasteiger partial charge is 1.00 e. The van der Waals surface area contributed by atoms with Crippen molar-refractivity contribution < 1.29 is 17.2 Å². The standard InChI is InChI=1S/C21H16NO.ClH/c23-22-20-14-8-7-9-17(20)15-16-21(22,18-10-3-1-4-11-18)19-12-5-2-6-13-19;/h1-16H;1H/q+1;/p-1. The van der Waals surface area contributed by atoms with Crippen LogP contribution in [-0.4, -0.2) is 4.76 Å². The van der Waals surface area contributed by atoms with Gasteiger partial charge in [-0.3, -0.25) is 0 Å². The van der Waals surface area contributed by atoms with Crippen molar-refractivity contribution in [1.82, 2.24) is 0 Å². The van der Waals surface area contributed by atoms with Crippen LogP contribution < -0.4 is 12.4 Å². The molecule has 0 aromatic heterocycles. The van der Waals surface area contributed by atoms with E-state index in [9.17, 15) is 4.91 Å². The average Bonchev–Trinajstić information content (AvgIpc) is 2.64. The molecule has 0 aliphatic carbocycles. The van der Waals surface area contributed by atoms with Gasteiger partial charge in [0.1, 0.15) is 0 Å². The van der Waals surface area contributed by atoms with Crippen molar-refractivity contribution in [3.8, 4) is 0 Å². The highest BCUT2D eigenvalue weighted by Gasteiger charge is 2.50. The van der Waals surface area contributed by atoms with Crippen molar-refractivity contribution in [2.75, 3.05) is 0 Å². The highest BCUT2D eigenvalue weighted by atomic mass is 35.5. The molecule has 0 amide bonds. The molecule has 1 aliphatic heterocycles. The molecule has 1 heterocycles. The van der Waals surface area contributed by atoms with Crippen LogP contribution >= 0.6 is 0 Å². The van der Waals surface area contributed by atoms with Crippen molar-refractivity contribution in [3.63, 3.8) is 0 Å². The molecule has 118 valence electrons. The fourth-order valence-electron chi connectivity index (χ4n) is 3.26. The van der Waals surface area contributed by atoms with E-state index in [0.29, 0.717) is 5.69 Å². The Morgan fingerprint density at radius 1 is 0.667 bits per heavy atom. The Morgan fingerprint density at radius 2 is 1.17 bits per heavy atom. The molecule has 0 radical (unpaired) electrons. The molecule has 0 atom stereocenters. The van der Waals surface area contributed by atoms with Gasteiger partial charge < -0.3 is 12.4 Å². The summed E-state index contributed by atoms with van der Waals surface area (Å²) in [5.74, 6) is 0. The number of rotatable bonds is 2. The van der Waals surface area contributed by atoms with Gasteiger partial charge in [0.2, 0.25) is 0 Å². The molecule has 3 aromatic carbocycles. The van der Waals surface area contributed by atoms with Crippen LogP contribution in [0.1, 0.15) is 16.7 Å². The Balaban J connectivity index is 0.00000169. The van der Waals surface area contributed by atoms with Crippen molar-refractivity contribution in [3.05, 3.63) is 113 Å². The summed E-state index contributed by atoms with van der Waals surface area (Å²) in [6.45, 7) is 0. The highest BCUT2D eigenvalue weighted by molar-refractivity contribution is 5.66. The lowest BCUT2D eigenvalue weighted by atomic mass is 9.79. The third kappa shape index (κ3) is 2.36. The molecule has 4 rings (SSSR count). The smallest absolute Gasteiger partial charge is 0.286 e. The van der Waals surface area contributed by atoms with Crippen molar-refractivity contribution >= 4 is 11.8 Å². The number of hydrogen-bond acceptors (Lipinski definition) is 1. The Morgan fingerprint density at radius 3 is 1.75 bits per heavy atom. The minimum Gasteiger partial charge on any atom is -1.00 e. The summed E-state index contributed by atoms with van der Waals surface area (Å²) < 4.78 is 1.13. The molecule has 3 heteroatoms. The maximum absolute atomic E-state index is 13.4. The molecule has 0 unspecified atom stereocenters. The second kappa shape index (κ2) is 6.42. The summed E-state index contributed by atoms with van der Waals surface area (Å²) in [6.07, 6.45) is 4.05. The molecule has 0 bridgehead atoms. The first-order valence-corrected chi connectivity index (χ1v) is 7.69. The summed E-state index contributed by atoms with van der Waals surface area (Å²) in [5, 5.41) is 0. The monoisotopic (exact) mass is 333 g/mol. The van der Waals surface area contributed by atoms with Crippen molar-refractivity contribution in [2.45, 2.75) is 5.54 Å². The third-order valence-corrected chi connectivity index (χ3v) is 4.41. The van der Waals surface area contributed by atoms with E-state index in [1.54, 1.807) is 0 Å². The molecular formula is C21H16ClNO. The van der Waals surface area contributed by atoms with Gasteiger partial charge in [0.05, 0.1) is 10.3 Å². The van der Waals surface area contributed by atoms with Gasteiger partial charge in [-0.1, -0.05) is 72.8 Å². The summed E-state index contributed by atoms with van der Waals surface area (Å²) in [6, 6.07) is 27.6. The van der Waals surface area contributed by atoms with E-state index < -0.39 is 5.54 Å². The lowest BCUT2D eigenvalue weighted by molar-refractivity contribution is -0.536. The molecule has 0 saturated carbocycles. The lowest BCUT2D eigenvalue weighted by Gasteiger charge is -2.26. The summed E-state index contributed by atoms with van der Waals surface area (Å²) in [7, 11) is 0. The SMILES string of the molecule is O=[N+]1c2ccccc2C=CC1(c1ccccc1)c1ccccc1.[Cl-]. The first-order valence-electron chi connectivity index (χ1n) is 7.69. The second-order valence-corrected chi connectivity index (χ2v) is 5.68. The van der Waals surface area contributed by atoms with Gasteiger partial charge in [-0.05, 0) is 12.1 Å². The molecule has 0 spiro atoms. The van der Waals surface area contributed by atoms with Gasteiger partial charge in [0.15, 0.2) is 0 Å². The number of fused-ring (bicyclic) bond motifs is 1. The average molecular weight is 334 g/mol. The van der Waals surface area contributed by atoms with Gasteiger partial charge >= 0.3 is 0 Å². The number of hydrogen-bond donors (Lipinski definition) is 0. The molecular weight excluding hydrogens is 318 g/mol. The zero-order chi connectivity index (χ0) is 15.7. The van der Waals surface area contributed by atoms with Crippen molar-refractivity contribution in [1.29, 1.82) is 0 Å². The number of halogens is 1. The molecule has 3 aromatic rings. The van der Waals surface area contributed by atoms with Crippen LogP contribution in [0.2, 0.25) is 0 Å². The topological polar surface area (TPSA) is 20.1 Å². The van der Waals surface area contributed by atoms with Crippen LogP contribution in [0.3, 0.4) is 0 Å². The van der Waals surface area contributed by atoms with Crippen LogP contribution in [0, 0.1) is 4.91 Å². The normalized spacial score (nSPS) is 14.6. The van der Waals surface area contributed by atoms with Crippen molar-refractivity contribution in [2.24, 2.45) is 0 Å². The molecule has 0 N–H and O–H groups in total. The lowest BCUT2D eigenvalue weighted by Crippen LogP contribution is -3.00. The molecule has 24 heavy (non-hydrogen) atoms. The van der Waals surface area contributed by atoms with Gasteiger partial charge in [-0.25, -0.2) is 0 Å². The predicted octanol–water partition coefficient (Wildman–Crippen LogP) is 2.07. The highest BCUT2D eigenvalue weighted by Crippen LogP contribution is 2.43. The van der Waals surface area contributed by atoms with Crippen LogP contribution in [-0.2, 0) is 5.54 Å². The van der Waals surface area contributed by atoms with Crippen LogP contribution in [0.4, 0.5) is 5.69 Å². The van der Waals surface area contributed by atoms with Gasteiger partial charge in [-0.2, -0.15) is 0 Å². The fraction of sp³-hybridized carbons (Fsp3) is 0.0476.